The number of anilines is 1. The first-order valence-corrected chi connectivity index (χ1v) is 13.6. The van der Waals surface area contributed by atoms with Crippen molar-refractivity contribution in [1.82, 2.24) is 14.8 Å². The van der Waals surface area contributed by atoms with Crippen LogP contribution in [0, 0.1) is 0 Å². The topological polar surface area (TPSA) is 291 Å². The van der Waals surface area contributed by atoms with Crippen molar-refractivity contribution in [3.05, 3.63) is 35.9 Å². The lowest BCUT2D eigenvalue weighted by molar-refractivity contribution is -0.117. The second kappa shape index (κ2) is 12.5. The molecule has 3 heterocycles. The lowest BCUT2D eigenvalue weighted by Gasteiger charge is -2.26. The van der Waals surface area contributed by atoms with Crippen LogP contribution in [0.15, 0.2) is 29.5 Å². The van der Waals surface area contributed by atoms with Gasteiger partial charge in [-0.15, -0.1) is 5.10 Å². The van der Waals surface area contributed by atoms with E-state index in [2.05, 4.69) is 20.4 Å². The van der Waals surface area contributed by atoms with Crippen LogP contribution in [-0.4, -0.2) is 79.5 Å². The van der Waals surface area contributed by atoms with E-state index in [9.17, 15) is 24.7 Å². The van der Waals surface area contributed by atoms with E-state index in [0.29, 0.717) is 30.6 Å². The van der Waals surface area contributed by atoms with Gasteiger partial charge in [-0.3, -0.25) is 24.6 Å². The molecule has 0 bridgehead atoms. The molecule has 18 nitrogen and oxygen atoms in total. The molecule has 2 aliphatic heterocycles. The number of phosphoric acid groups is 1. The van der Waals surface area contributed by atoms with Crippen molar-refractivity contribution in [2.24, 2.45) is 27.9 Å². The number of rotatable bonds is 11. The SMILES string of the molecule is NC(N)=NCCC[C@H](N)C(=O)Nc1ccc2c(c1)COP(=O)(OC[C@H]1O[C@@H](n3cnc(C(N)O)n3)[C@H](O)[C@@H]1O)O2. The molecular formula is C21H32N9O9P. The summed E-state index contributed by atoms with van der Waals surface area (Å²) in [4.78, 5) is 20.0. The van der Waals surface area contributed by atoms with Crippen molar-refractivity contribution in [1.29, 1.82) is 0 Å². The number of nitrogens with zero attached hydrogens (tertiary/aromatic N) is 4. The number of aliphatic imine (C=N–C) groups is 1. The monoisotopic (exact) mass is 585 g/mol. The van der Waals surface area contributed by atoms with Crippen LogP contribution in [0.1, 0.15) is 36.7 Å². The van der Waals surface area contributed by atoms with Gasteiger partial charge in [-0.05, 0) is 31.0 Å². The lowest BCUT2D eigenvalue weighted by atomic mass is 10.1. The van der Waals surface area contributed by atoms with Gasteiger partial charge in [-0.25, -0.2) is 14.2 Å². The number of guanidine groups is 1. The Kier molecular flexibility index (Phi) is 9.34. The van der Waals surface area contributed by atoms with Gasteiger partial charge < -0.3 is 47.1 Å². The molecule has 0 spiro atoms. The Morgan fingerprint density at radius 1 is 1.30 bits per heavy atom. The molecule has 2 aromatic rings. The second-order valence-corrected chi connectivity index (χ2v) is 10.6. The van der Waals surface area contributed by atoms with E-state index >= 15 is 0 Å². The molecule has 0 aliphatic carbocycles. The Balaban J connectivity index is 1.30. The van der Waals surface area contributed by atoms with Crippen LogP contribution in [0.4, 0.5) is 5.69 Å². The van der Waals surface area contributed by atoms with Gasteiger partial charge >= 0.3 is 7.82 Å². The molecule has 1 amide bonds. The molecule has 0 radical (unpaired) electrons. The highest BCUT2D eigenvalue weighted by atomic mass is 31.2. The summed E-state index contributed by atoms with van der Waals surface area (Å²) in [6.45, 7) is -0.268. The van der Waals surface area contributed by atoms with Gasteiger partial charge in [0.2, 0.25) is 5.91 Å². The molecule has 1 saturated heterocycles. The number of amides is 1. The predicted molar refractivity (Wildman–Crippen MR) is 137 cm³/mol. The Morgan fingerprint density at radius 3 is 2.77 bits per heavy atom. The Hall–Kier alpha value is -3.19. The van der Waals surface area contributed by atoms with Gasteiger partial charge in [0.15, 0.2) is 24.2 Å². The van der Waals surface area contributed by atoms with E-state index in [1.807, 2.05) is 0 Å². The molecule has 1 fully saturated rings. The van der Waals surface area contributed by atoms with Crippen molar-refractivity contribution in [2.75, 3.05) is 18.5 Å². The number of carbonyl (C=O) groups is 1. The van der Waals surface area contributed by atoms with Gasteiger partial charge in [0, 0.05) is 17.8 Å². The minimum Gasteiger partial charge on any atom is -0.404 e. The third kappa shape index (κ3) is 7.11. The van der Waals surface area contributed by atoms with Gasteiger partial charge in [0.05, 0.1) is 19.3 Å². The summed E-state index contributed by atoms with van der Waals surface area (Å²) < 4.78 is 35.8. The molecule has 19 heteroatoms. The van der Waals surface area contributed by atoms with Gasteiger partial charge in [0.25, 0.3) is 0 Å². The molecule has 1 aromatic carbocycles. The maximum atomic E-state index is 13.0. The number of hydrogen-bond acceptors (Lipinski definition) is 14. The first-order valence-electron chi connectivity index (χ1n) is 12.2. The fraction of sp³-hybridized carbons (Fsp3) is 0.524. The van der Waals surface area contributed by atoms with Crippen LogP contribution >= 0.6 is 7.82 Å². The Bertz CT molecular complexity index is 1270. The average molecular weight is 586 g/mol. The number of aromatic nitrogens is 3. The third-order valence-corrected chi connectivity index (χ3v) is 7.34. The summed E-state index contributed by atoms with van der Waals surface area (Å²) in [6, 6.07) is 3.83. The molecule has 1 aromatic heterocycles. The maximum Gasteiger partial charge on any atom is 0.530 e. The summed E-state index contributed by atoms with van der Waals surface area (Å²) in [5, 5.41) is 36.7. The zero-order valence-corrected chi connectivity index (χ0v) is 22.0. The molecule has 0 saturated carbocycles. The number of hydrogen-bond donors (Lipinski definition) is 8. The highest BCUT2D eigenvalue weighted by molar-refractivity contribution is 7.49. The number of phosphoric ester groups is 1. The molecule has 7 atom stereocenters. The highest BCUT2D eigenvalue weighted by Gasteiger charge is 2.46. The zero-order valence-electron chi connectivity index (χ0n) is 21.1. The third-order valence-electron chi connectivity index (χ3n) is 6.01. The van der Waals surface area contributed by atoms with Crippen molar-refractivity contribution in [3.63, 3.8) is 0 Å². The van der Waals surface area contributed by atoms with E-state index in [4.69, 9.17) is 41.2 Å². The fourth-order valence-corrected chi connectivity index (χ4v) is 5.13. The number of carbonyl (C=O) groups excluding carboxylic acids is 1. The standard InChI is InChI=1S/C21H32N9O9P/c22-12(2-1-5-26-21(24)25)19(34)28-11-3-4-13-10(6-11)7-36-40(35,39-13)37-8-14-15(31)16(32)20(38-14)30-9-27-18(29-30)17(23)33/h3-4,6,9,12,14-17,20,31-33H,1-2,5,7-8,22-23H2,(H,28,34)(H4,24,25,26)/t12-,14+,15+,16+,17?,20+,40?/m0/s1. The van der Waals surface area contributed by atoms with Gasteiger partial charge in [-0.1, -0.05) is 0 Å². The maximum absolute atomic E-state index is 13.0. The van der Waals surface area contributed by atoms with E-state index in [1.165, 1.54) is 18.5 Å². The van der Waals surface area contributed by atoms with Gasteiger partial charge in [-0.2, -0.15) is 0 Å². The fourth-order valence-electron chi connectivity index (χ4n) is 3.90. The van der Waals surface area contributed by atoms with Crippen molar-refractivity contribution in [3.8, 4) is 5.75 Å². The molecule has 12 N–H and O–H groups in total. The minimum absolute atomic E-state index is 0.0320. The molecule has 40 heavy (non-hydrogen) atoms. The highest BCUT2D eigenvalue weighted by Crippen LogP contribution is 2.55. The molecule has 2 aliphatic rings. The lowest BCUT2D eigenvalue weighted by Crippen LogP contribution is -2.35. The first-order chi connectivity index (χ1) is 19.0. The minimum atomic E-state index is -4.12. The number of fused-ring (bicyclic) bond motifs is 1. The molecule has 2 unspecified atom stereocenters. The van der Waals surface area contributed by atoms with E-state index in [-0.39, 0.29) is 24.1 Å². The van der Waals surface area contributed by atoms with Crippen LogP contribution in [0.3, 0.4) is 0 Å². The number of benzene rings is 1. The normalized spacial score (nSPS) is 27.3. The van der Waals surface area contributed by atoms with Crippen LogP contribution in [0.25, 0.3) is 0 Å². The molecular weight excluding hydrogens is 553 g/mol. The summed E-state index contributed by atoms with van der Waals surface area (Å²) in [5.41, 5.74) is 22.7. The number of nitrogens with two attached hydrogens (primary N) is 4. The second-order valence-electron chi connectivity index (χ2n) is 9.05. The van der Waals surface area contributed by atoms with E-state index in [0.717, 1.165) is 4.68 Å². The van der Waals surface area contributed by atoms with Crippen LogP contribution in [0.2, 0.25) is 0 Å². The summed E-state index contributed by atoms with van der Waals surface area (Å²) in [5.74, 6) is -0.346. The van der Waals surface area contributed by atoms with Crippen molar-refractivity contribution < 1.29 is 43.0 Å². The van der Waals surface area contributed by atoms with Crippen LogP contribution in [0.5, 0.6) is 5.75 Å². The number of aliphatic hydroxyl groups is 3. The Morgan fingerprint density at radius 2 is 2.08 bits per heavy atom. The quantitative estimate of drug-likeness (QED) is 0.0460. The van der Waals surface area contributed by atoms with E-state index in [1.54, 1.807) is 6.07 Å². The van der Waals surface area contributed by atoms with Crippen LogP contribution in [-0.2, 0) is 29.8 Å². The van der Waals surface area contributed by atoms with Crippen molar-refractivity contribution in [2.45, 2.75) is 56.3 Å². The number of aliphatic hydroxyl groups excluding tert-OH is 3. The Labute approximate surface area is 227 Å². The van der Waals surface area contributed by atoms with Gasteiger partial charge in [0.1, 0.15) is 30.4 Å². The molecule has 220 valence electrons. The van der Waals surface area contributed by atoms with E-state index < -0.39 is 57.1 Å². The smallest absolute Gasteiger partial charge is 0.404 e. The predicted octanol–water partition coefficient (Wildman–Crippen LogP) is -2.10. The summed E-state index contributed by atoms with van der Waals surface area (Å²) >= 11 is 0. The average Bonchev–Trinajstić information content (AvgIpc) is 3.51. The first kappa shape index (κ1) is 29.8. The molecule has 4 rings (SSSR count). The number of nitrogens with one attached hydrogen (secondary N) is 1. The largest absolute Gasteiger partial charge is 0.530 e. The summed E-state index contributed by atoms with van der Waals surface area (Å²) in [7, 11) is -4.12. The zero-order chi connectivity index (χ0) is 29.0. The number of ether oxygens (including phenoxy) is 1. The van der Waals surface area contributed by atoms with Crippen molar-refractivity contribution >= 4 is 25.4 Å². The summed E-state index contributed by atoms with van der Waals surface area (Å²) in [6.07, 6.45) is -4.54. The van der Waals surface area contributed by atoms with Crippen LogP contribution < -0.4 is 32.8 Å².